The molecular weight excluding hydrogens is 390 g/mol. The first-order valence-corrected chi connectivity index (χ1v) is 9.10. The Kier molecular flexibility index (Phi) is 8.37. The maximum Gasteiger partial charge on any atom is 0.344 e. The van der Waals surface area contributed by atoms with Gasteiger partial charge in [-0.15, -0.1) is 0 Å². The molecule has 0 aliphatic heterocycles. The first kappa shape index (κ1) is 22.4. The lowest BCUT2D eigenvalue weighted by Crippen LogP contribution is -2.17. The summed E-state index contributed by atoms with van der Waals surface area (Å²) in [5.41, 5.74) is 4.06. The summed E-state index contributed by atoms with van der Waals surface area (Å²) in [5, 5.41) is 6.55. The molecule has 0 bridgehead atoms. The first-order chi connectivity index (χ1) is 14.4. The van der Waals surface area contributed by atoms with Crippen LogP contribution in [0, 0.1) is 0 Å². The molecule has 0 saturated heterocycles. The second-order valence-electron chi connectivity index (χ2n) is 5.96. The summed E-state index contributed by atoms with van der Waals surface area (Å²) < 4.78 is 15.5. The fourth-order valence-corrected chi connectivity index (χ4v) is 2.36. The van der Waals surface area contributed by atoms with Crippen LogP contribution in [0.15, 0.2) is 47.6 Å². The van der Waals surface area contributed by atoms with E-state index in [1.807, 2.05) is 0 Å². The number of esters is 1. The number of hydrogen-bond donors (Lipinski definition) is 2. The van der Waals surface area contributed by atoms with Gasteiger partial charge in [0.1, 0.15) is 0 Å². The minimum Gasteiger partial charge on any atom is -0.493 e. The van der Waals surface area contributed by atoms with Crippen molar-refractivity contribution in [2.45, 2.75) is 13.8 Å². The van der Waals surface area contributed by atoms with Crippen molar-refractivity contribution in [3.63, 3.8) is 0 Å². The lowest BCUT2D eigenvalue weighted by atomic mass is 10.2. The summed E-state index contributed by atoms with van der Waals surface area (Å²) in [6.45, 7) is 3.17. The van der Waals surface area contributed by atoms with Gasteiger partial charge < -0.3 is 19.5 Å². The molecule has 2 aromatic carbocycles. The molecule has 0 unspecified atom stereocenters. The van der Waals surface area contributed by atoms with Crippen LogP contribution in [-0.2, 0) is 14.3 Å². The Hall–Kier alpha value is -3.88. The maximum absolute atomic E-state index is 12.1. The predicted octanol–water partition coefficient (Wildman–Crippen LogP) is 2.36. The van der Waals surface area contributed by atoms with Gasteiger partial charge in [0, 0.05) is 18.2 Å². The summed E-state index contributed by atoms with van der Waals surface area (Å²) >= 11 is 0. The molecule has 0 aromatic heterocycles. The third kappa shape index (κ3) is 6.93. The van der Waals surface area contributed by atoms with Gasteiger partial charge in [-0.05, 0) is 55.0 Å². The molecular formula is C21H23N3O6. The van der Waals surface area contributed by atoms with E-state index in [1.54, 1.807) is 49.4 Å². The fraction of sp³-hybridized carbons (Fsp3) is 0.238. The highest BCUT2D eigenvalue weighted by atomic mass is 16.6. The third-order valence-corrected chi connectivity index (χ3v) is 3.69. The quantitative estimate of drug-likeness (QED) is 0.370. The molecule has 9 nitrogen and oxygen atoms in total. The Bertz CT molecular complexity index is 925. The van der Waals surface area contributed by atoms with Crippen molar-refractivity contribution in [2.75, 3.05) is 25.6 Å². The normalized spacial score (nSPS) is 10.4. The molecule has 0 aliphatic rings. The van der Waals surface area contributed by atoms with E-state index in [0.29, 0.717) is 28.3 Å². The molecule has 30 heavy (non-hydrogen) atoms. The number of ether oxygens (including phenoxy) is 3. The number of carbonyl (C=O) groups is 3. The van der Waals surface area contributed by atoms with Gasteiger partial charge in [0.15, 0.2) is 18.1 Å². The molecule has 2 amide bonds. The monoisotopic (exact) mass is 413 g/mol. The van der Waals surface area contributed by atoms with Gasteiger partial charge >= 0.3 is 5.97 Å². The van der Waals surface area contributed by atoms with Gasteiger partial charge in [0.2, 0.25) is 5.91 Å². The fourth-order valence-electron chi connectivity index (χ4n) is 2.36. The van der Waals surface area contributed by atoms with Crippen molar-refractivity contribution in [2.24, 2.45) is 5.10 Å². The van der Waals surface area contributed by atoms with E-state index in [-0.39, 0.29) is 19.1 Å². The average molecular weight is 413 g/mol. The summed E-state index contributed by atoms with van der Waals surface area (Å²) in [5.74, 6) is -0.279. The number of methoxy groups -OCH3 is 1. The zero-order chi connectivity index (χ0) is 21.9. The molecule has 0 atom stereocenters. The second-order valence-corrected chi connectivity index (χ2v) is 5.96. The lowest BCUT2D eigenvalue weighted by Gasteiger charge is -2.10. The average Bonchev–Trinajstić information content (AvgIpc) is 2.72. The van der Waals surface area contributed by atoms with E-state index in [2.05, 4.69) is 15.8 Å². The van der Waals surface area contributed by atoms with Crippen molar-refractivity contribution in [3.05, 3.63) is 53.6 Å². The van der Waals surface area contributed by atoms with Crippen LogP contribution in [-0.4, -0.2) is 44.3 Å². The van der Waals surface area contributed by atoms with Crippen LogP contribution in [0.25, 0.3) is 0 Å². The van der Waals surface area contributed by atoms with Crippen LogP contribution < -0.4 is 20.2 Å². The van der Waals surface area contributed by atoms with Crippen molar-refractivity contribution in [3.8, 4) is 11.5 Å². The van der Waals surface area contributed by atoms with E-state index in [9.17, 15) is 14.4 Å². The van der Waals surface area contributed by atoms with Gasteiger partial charge in [-0.25, -0.2) is 10.2 Å². The highest BCUT2D eigenvalue weighted by Gasteiger charge is 2.09. The number of anilines is 1. The number of amides is 2. The SMILES string of the molecule is CCOC(=O)COc1ccc(C=NNC(=O)c2ccc(NC(C)=O)cc2)cc1OC. The Balaban J connectivity index is 1.95. The highest BCUT2D eigenvalue weighted by Crippen LogP contribution is 2.27. The standard InChI is InChI=1S/C21H23N3O6/c1-4-29-20(26)13-30-18-10-5-15(11-19(18)28-3)12-22-24-21(27)16-6-8-17(9-7-16)23-14(2)25/h5-12H,4,13H2,1-3H3,(H,23,25)(H,24,27). The van der Waals surface area contributed by atoms with E-state index < -0.39 is 11.9 Å². The van der Waals surface area contributed by atoms with Crippen LogP contribution >= 0.6 is 0 Å². The van der Waals surface area contributed by atoms with Gasteiger partial charge in [-0.2, -0.15) is 5.10 Å². The topological polar surface area (TPSA) is 115 Å². The smallest absolute Gasteiger partial charge is 0.344 e. The largest absolute Gasteiger partial charge is 0.493 e. The molecule has 0 saturated carbocycles. The highest BCUT2D eigenvalue weighted by molar-refractivity contribution is 5.96. The molecule has 0 heterocycles. The van der Waals surface area contributed by atoms with Crippen LogP contribution in [0.5, 0.6) is 11.5 Å². The van der Waals surface area contributed by atoms with E-state index in [1.165, 1.54) is 20.2 Å². The zero-order valence-corrected chi connectivity index (χ0v) is 16.9. The van der Waals surface area contributed by atoms with Crippen molar-refractivity contribution in [1.82, 2.24) is 5.43 Å². The zero-order valence-electron chi connectivity index (χ0n) is 16.9. The lowest BCUT2D eigenvalue weighted by molar-refractivity contribution is -0.145. The molecule has 0 fully saturated rings. The van der Waals surface area contributed by atoms with Crippen LogP contribution in [0.3, 0.4) is 0 Å². The van der Waals surface area contributed by atoms with E-state index in [4.69, 9.17) is 14.2 Å². The molecule has 0 radical (unpaired) electrons. The second kappa shape index (κ2) is 11.2. The van der Waals surface area contributed by atoms with Crippen LogP contribution in [0.4, 0.5) is 5.69 Å². The molecule has 0 aliphatic carbocycles. The number of hydrogen-bond acceptors (Lipinski definition) is 7. The van der Waals surface area contributed by atoms with Crippen LogP contribution in [0.1, 0.15) is 29.8 Å². The molecule has 2 N–H and O–H groups in total. The number of carbonyl (C=O) groups excluding carboxylic acids is 3. The molecule has 9 heteroatoms. The Labute approximate surface area is 174 Å². The van der Waals surface area contributed by atoms with Crippen molar-refractivity contribution >= 4 is 29.7 Å². The number of nitrogens with one attached hydrogen (secondary N) is 2. The maximum atomic E-state index is 12.1. The van der Waals surface area contributed by atoms with Gasteiger partial charge in [0.25, 0.3) is 5.91 Å². The molecule has 2 rings (SSSR count). The number of benzene rings is 2. The molecule has 158 valence electrons. The number of nitrogens with zero attached hydrogens (tertiary/aromatic N) is 1. The predicted molar refractivity (Wildman–Crippen MR) is 111 cm³/mol. The Morgan fingerprint density at radius 3 is 2.43 bits per heavy atom. The van der Waals surface area contributed by atoms with Gasteiger partial charge in [-0.1, -0.05) is 0 Å². The van der Waals surface area contributed by atoms with Crippen molar-refractivity contribution < 1.29 is 28.6 Å². The summed E-state index contributed by atoms with van der Waals surface area (Å²) in [4.78, 5) is 34.6. The third-order valence-electron chi connectivity index (χ3n) is 3.69. The van der Waals surface area contributed by atoms with Gasteiger partial charge in [-0.3, -0.25) is 9.59 Å². The minimum atomic E-state index is -0.474. The number of hydrazone groups is 1. The first-order valence-electron chi connectivity index (χ1n) is 9.10. The summed E-state index contributed by atoms with van der Waals surface area (Å²) in [7, 11) is 1.47. The summed E-state index contributed by atoms with van der Waals surface area (Å²) in [6.07, 6.45) is 1.45. The Morgan fingerprint density at radius 2 is 1.80 bits per heavy atom. The van der Waals surface area contributed by atoms with E-state index in [0.717, 1.165) is 0 Å². The molecule has 2 aromatic rings. The minimum absolute atomic E-state index is 0.190. The van der Waals surface area contributed by atoms with E-state index >= 15 is 0 Å². The number of rotatable bonds is 9. The summed E-state index contributed by atoms with van der Waals surface area (Å²) in [6, 6.07) is 11.4. The molecule has 0 spiro atoms. The van der Waals surface area contributed by atoms with Crippen molar-refractivity contribution in [1.29, 1.82) is 0 Å². The Morgan fingerprint density at radius 1 is 1.07 bits per heavy atom. The van der Waals surface area contributed by atoms with Gasteiger partial charge in [0.05, 0.1) is 19.9 Å². The van der Waals surface area contributed by atoms with Crippen LogP contribution in [0.2, 0.25) is 0 Å².